The summed E-state index contributed by atoms with van der Waals surface area (Å²) in [5.41, 5.74) is 1.29. The molecule has 2 aliphatic heterocycles. The van der Waals surface area contributed by atoms with Crippen molar-refractivity contribution in [3.05, 3.63) is 29.8 Å². The molecule has 1 aromatic rings. The molecule has 5 nitrogen and oxygen atoms in total. The fraction of sp³-hybridized carbons (Fsp3) is 0.611. The number of ether oxygens (including phenoxy) is 2. The van der Waals surface area contributed by atoms with E-state index in [2.05, 4.69) is 17.0 Å². The third kappa shape index (κ3) is 3.51. The largest absolute Gasteiger partial charge is 0.497 e. The van der Waals surface area contributed by atoms with E-state index in [-0.39, 0.29) is 18.1 Å². The van der Waals surface area contributed by atoms with E-state index in [0.29, 0.717) is 6.04 Å². The van der Waals surface area contributed by atoms with Crippen molar-refractivity contribution >= 4 is 5.91 Å². The van der Waals surface area contributed by atoms with Gasteiger partial charge >= 0.3 is 0 Å². The molecule has 1 amide bonds. The molecular weight excluding hydrogens is 292 g/mol. The van der Waals surface area contributed by atoms with Crippen molar-refractivity contribution in [3.63, 3.8) is 0 Å². The summed E-state index contributed by atoms with van der Waals surface area (Å²) in [6, 6.07) is 8.68. The number of benzene rings is 1. The summed E-state index contributed by atoms with van der Waals surface area (Å²) in [5.74, 6) is 0.983. The molecule has 5 heteroatoms. The van der Waals surface area contributed by atoms with Crippen LogP contribution in [-0.4, -0.2) is 61.7 Å². The van der Waals surface area contributed by atoms with Gasteiger partial charge in [-0.25, -0.2) is 0 Å². The number of amides is 1. The molecular formula is C18H26N2O3. The summed E-state index contributed by atoms with van der Waals surface area (Å²) in [6.45, 7) is 1.96. The first-order valence-electron chi connectivity index (χ1n) is 8.32. The maximum atomic E-state index is 12.1. The predicted octanol–water partition coefficient (Wildman–Crippen LogP) is 1.91. The Labute approximate surface area is 138 Å². The lowest BCUT2D eigenvalue weighted by Crippen LogP contribution is -2.47. The summed E-state index contributed by atoms with van der Waals surface area (Å²) in [7, 11) is 5.27. The highest BCUT2D eigenvalue weighted by atomic mass is 16.5. The molecule has 23 heavy (non-hydrogen) atoms. The van der Waals surface area contributed by atoms with Crippen LogP contribution >= 0.6 is 0 Å². The minimum Gasteiger partial charge on any atom is -0.497 e. The number of likely N-dealkylation sites (N-methyl/N-ethyl adjacent to an activating group) is 1. The number of carbonyl (C=O) groups is 1. The highest BCUT2D eigenvalue weighted by molar-refractivity contribution is 5.80. The summed E-state index contributed by atoms with van der Waals surface area (Å²) in [6.07, 6.45) is 2.79. The van der Waals surface area contributed by atoms with Gasteiger partial charge in [-0.15, -0.1) is 0 Å². The van der Waals surface area contributed by atoms with Crippen LogP contribution in [0.4, 0.5) is 0 Å². The highest BCUT2D eigenvalue weighted by Crippen LogP contribution is 2.33. The quantitative estimate of drug-likeness (QED) is 0.850. The highest BCUT2D eigenvalue weighted by Gasteiger charge is 2.41. The Bertz CT molecular complexity index is 544. The second-order valence-corrected chi connectivity index (χ2v) is 6.65. The van der Waals surface area contributed by atoms with Crippen LogP contribution in [0.1, 0.15) is 24.8 Å². The molecule has 3 atom stereocenters. The average Bonchev–Trinajstić information content (AvgIpc) is 2.97. The molecule has 3 rings (SSSR count). The van der Waals surface area contributed by atoms with Gasteiger partial charge in [0.1, 0.15) is 11.9 Å². The van der Waals surface area contributed by atoms with E-state index < -0.39 is 0 Å². The summed E-state index contributed by atoms with van der Waals surface area (Å²) in [4.78, 5) is 16.2. The first-order valence-corrected chi connectivity index (χ1v) is 8.32. The molecule has 2 aliphatic rings. The SMILES string of the molecule is COc1ccc(CN2CC[C@@H]3O[C@H](C(=O)N(C)C)CC[C@@H]32)cc1. The van der Waals surface area contributed by atoms with Crippen LogP contribution in [0.25, 0.3) is 0 Å². The van der Waals surface area contributed by atoms with Gasteiger partial charge in [-0.3, -0.25) is 9.69 Å². The Morgan fingerprint density at radius 2 is 2.00 bits per heavy atom. The molecule has 0 spiro atoms. The van der Waals surface area contributed by atoms with Crippen LogP contribution in [0.3, 0.4) is 0 Å². The number of methoxy groups -OCH3 is 1. The van der Waals surface area contributed by atoms with Gasteiger partial charge in [0.15, 0.2) is 0 Å². The van der Waals surface area contributed by atoms with E-state index in [1.165, 1.54) is 5.56 Å². The number of fused-ring (bicyclic) bond motifs is 1. The third-order valence-electron chi connectivity index (χ3n) is 4.92. The molecule has 2 heterocycles. The molecule has 0 unspecified atom stereocenters. The maximum absolute atomic E-state index is 12.1. The Kier molecular flexibility index (Phi) is 4.87. The van der Waals surface area contributed by atoms with Gasteiger partial charge in [0, 0.05) is 33.2 Å². The second-order valence-electron chi connectivity index (χ2n) is 6.65. The molecule has 2 saturated heterocycles. The number of likely N-dealkylation sites (tertiary alicyclic amines) is 1. The number of rotatable bonds is 4. The minimum atomic E-state index is -0.257. The molecule has 0 N–H and O–H groups in total. The minimum absolute atomic E-state index is 0.0945. The van der Waals surface area contributed by atoms with E-state index in [4.69, 9.17) is 9.47 Å². The van der Waals surface area contributed by atoms with Gasteiger partial charge in [0.05, 0.1) is 13.2 Å². The molecule has 0 aromatic heterocycles. The van der Waals surface area contributed by atoms with Crippen LogP contribution in [0.5, 0.6) is 5.75 Å². The molecule has 0 aliphatic carbocycles. The molecule has 0 bridgehead atoms. The van der Waals surface area contributed by atoms with Gasteiger partial charge in [0.25, 0.3) is 5.91 Å². The Hall–Kier alpha value is -1.59. The fourth-order valence-corrected chi connectivity index (χ4v) is 3.65. The van der Waals surface area contributed by atoms with Crippen molar-refractivity contribution in [1.29, 1.82) is 0 Å². The van der Waals surface area contributed by atoms with Crippen molar-refractivity contribution in [2.75, 3.05) is 27.7 Å². The average molecular weight is 318 g/mol. The lowest BCUT2D eigenvalue weighted by Gasteiger charge is -2.36. The van der Waals surface area contributed by atoms with Gasteiger partial charge < -0.3 is 14.4 Å². The van der Waals surface area contributed by atoms with Crippen LogP contribution in [0, 0.1) is 0 Å². The van der Waals surface area contributed by atoms with Crippen LogP contribution in [-0.2, 0) is 16.1 Å². The van der Waals surface area contributed by atoms with E-state index in [1.54, 1.807) is 26.1 Å². The Morgan fingerprint density at radius 3 is 2.65 bits per heavy atom. The first-order chi connectivity index (χ1) is 11.1. The molecule has 126 valence electrons. The van der Waals surface area contributed by atoms with Crippen molar-refractivity contribution in [3.8, 4) is 5.75 Å². The van der Waals surface area contributed by atoms with Crippen molar-refractivity contribution < 1.29 is 14.3 Å². The smallest absolute Gasteiger partial charge is 0.251 e. The van der Waals surface area contributed by atoms with E-state index in [9.17, 15) is 4.79 Å². The van der Waals surface area contributed by atoms with Crippen LogP contribution < -0.4 is 4.74 Å². The third-order valence-corrected chi connectivity index (χ3v) is 4.92. The lowest BCUT2D eigenvalue weighted by atomic mass is 9.98. The Balaban J connectivity index is 1.59. The summed E-state index contributed by atoms with van der Waals surface area (Å²) >= 11 is 0. The first kappa shape index (κ1) is 16.3. The van der Waals surface area contributed by atoms with Gasteiger partial charge in [-0.2, -0.15) is 0 Å². The fourth-order valence-electron chi connectivity index (χ4n) is 3.65. The zero-order valence-corrected chi connectivity index (χ0v) is 14.2. The van der Waals surface area contributed by atoms with E-state index >= 15 is 0 Å². The lowest BCUT2D eigenvalue weighted by molar-refractivity contribution is -0.152. The summed E-state index contributed by atoms with van der Waals surface area (Å²) in [5, 5.41) is 0. The number of hydrogen-bond donors (Lipinski definition) is 0. The van der Waals surface area contributed by atoms with Crippen LogP contribution in [0.15, 0.2) is 24.3 Å². The summed E-state index contributed by atoms with van der Waals surface area (Å²) < 4.78 is 11.3. The predicted molar refractivity (Wildman–Crippen MR) is 88.4 cm³/mol. The second kappa shape index (κ2) is 6.89. The normalized spacial score (nSPS) is 27.5. The topological polar surface area (TPSA) is 42.0 Å². The van der Waals surface area contributed by atoms with E-state index in [1.807, 2.05) is 12.1 Å². The molecule has 1 aromatic carbocycles. The maximum Gasteiger partial charge on any atom is 0.251 e. The Morgan fingerprint density at radius 1 is 1.26 bits per heavy atom. The van der Waals surface area contributed by atoms with Crippen molar-refractivity contribution in [2.45, 2.75) is 44.1 Å². The van der Waals surface area contributed by atoms with Gasteiger partial charge in [-0.05, 0) is 37.0 Å². The monoisotopic (exact) mass is 318 g/mol. The molecule has 2 fully saturated rings. The van der Waals surface area contributed by atoms with Crippen LogP contribution in [0.2, 0.25) is 0 Å². The van der Waals surface area contributed by atoms with Gasteiger partial charge in [-0.1, -0.05) is 12.1 Å². The zero-order valence-electron chi connectivity index (χ0n) is 14.2. The van der Waals surface area contributed by atoms with Crippen molar-refractivity contribution in [1.82, 2.24) is 9.80 Å². The molecule has 0 saturated carbocycles. The number of hydrogen-bond acceptors (Lipinski definition) is 4. The van der Waals surface area contributed by atoms with Gasteiger partial charge in [0.2, 0.25) is 0 Å². The molecule has 0 radical (unpaired) electrons. The van der Waals surface area contributed by atoms with Crippen molar-refractivity contribution in [2.24, 2.45) is 0 Å². The standard InChI is InChI=1S/C18H26N2O3/c1-19(2)18(21)17-9-8-15-16(23-17)10-11-20(15)12-13-4-6-14(22-3)7-5-13/h4-7,15-17H,8-12H2,1-3H3/t15-,16-,17-/m0/s1. The van der Waals surface area contributed by atoms with E-state index in [0.717, 1.165) is 38.1 Å². The zero-order chi connectivity index (χ0) is 16.4. The number of carbonyl (C=O) groups excluding carboxylic acids is 1. The number of nitrogens with zero attached hydrogens (tertiary/aromatic N) is 2.